The van der Waals surface area contributed by atoms with E-state index in [9.17, 15) is 0 Å². The summed E-state index contributed by atoms with van der Waals surface area (Å²) in [5, 5.41) is 9.24. The van der Waals surface area contributed by atoms with Crippen LogP contribution in [0.2, 0.25) is 0 Å². The Labute approximate surface area is 353 Å². The van der Waals surface area contributed by atoms with E-state index in [4.69, 9.17) is 14.4 Å². The number of allylic oxidation sites excluding steroid dienone is 1. The summed E-state index contributed by atoms with van der Waals surface area (Å²) in [6, 6.07) is 69.2. The quantitative estimate of drug-likeness (QED) is 0.171. The molecule has 0 spiro atoms. The summed E-state index contributed by atoms with van der Waals surface area (Å²) in [5.41, 5.74) is 12.2. The van der Waals surface area contributed by atoms with Gasteiger partial charge in [0.25, 0.3) is 0 Å². The normalized spacial score (nSPS) is 17.3. The van der Waals surface area contributed by atoms with E-state index in [0.29, 0.717) is 5.84 Å². The van der Waals surface area contributed by atoms with Gasteiger partial charge in [-0.25, -0.2) is 9.98 Å². The average molecular weight is 782 g/mol. The third-order valence-corrected chi connectivity index (χ3v) is 12.4. The second-order valence-electron chi connectivity index (χ2n) is 16.2. The molecule has 4 heteroatoms. The first-order valence-corrected chi connectivity index (χ1v) is 21.0. The van der Waals surface area contributed by atoms with Gasteiger partial charge in [-0.3, -0.25) is 0 Å². The van der Waals surface area contributed by atoms with Crippen LogP contribution in [-0.4, -0.2) is 16.1 Å². The van der Waals surface area contributed by atoms with Crippen molar-refractivity contribution < 1.29 is 4.42 Å². The van der Waals surface area contributed by atoms with Crippen LogP contribution < -0.4 is 0 Å². The Morgan fingerprint density at radius 2 is 1.18 bits per heavy atom. The first kappa shape index (κ1) is 35.2. The Hall–Kier alpha value is -7.82. The van der Waals surface area contributed by atoms with Crippen molar-refractivity contribution in [2.24, 2.45) is 15.9 Å². The zero-order chi connectivity index (χ0) is 40.4. The number of aromatic nitrogens is 1. The highest BCUT2D eigenvalue weighted by Gasteiger charge is 2.25. The lowest BCUT2D eigenvalue weighted by Gasteiger charge is -2.19. The summed E-state index contributed by atoms with van der Waals surface area (Å²) >= 11 is 0. The number of fused-ring (bicyclic) bond motifs is 8. The maximum absolute atomic E-state index is 7.00. The molecule has 288 valence electrons. The van der Waals surface area contributed by atoms with Gasteiger partial charge in [-0.05, 0) is 93.2 Å². The Kier molecular flexibility index (Phi) is 8.17. The van der Waals surface area contributed by atoms with Crippen molar-refractivity contribution in [3.8, 4) is 16.8 Å². The Bertz CT molecular complexity index is 3640. The summed E-state index contributed by atoms with van der Waals surface area (Å²) < 4.78 is 9.37. The summed E-state index contributed by atoms with van der Waals surface area (Å²) in [4.78, 5) is 11.2. The van der Waals surface area contributed by atoms with Gasteiger partial charge >= 0.3 is 0 Å². The second-order valence-corrected chi connectivity index (χ2v) is 16.2. The van der Waals surface area contributed by atoms with Gasteiger partial charge in [0, 0.05) is 38.6 Å². The number of para-hydroxylation sites is 2. The Morgan fingerprint density at radius 1 is 0.492 bits per heavy atom. The molecule has 3 heterocycles. The summed E-state index contributed by atoms with van der Waals surface area (Å²) in [5.74, 6) is 0.768. The van der Waals surface area contributed by atoms with Gasteiger partial charge in [0.05, 0.1) is 28.1 Å². The van der Waals surface area contributed by atoms with Gasteiger partial charge in [0.2, 0.25) is 0 Å². The first-order valence-electron chi connectivity index (χ1n) is 21.0. The van der Waals surface area contributed by atoms with Gasteiger partial charge in [-0.15, -0.1) is 0 Å². The molecule has 12 rings (SSSR count). The van der Waals surface area contributed by atoms with Gasteiger partial charge in [-0.2, -0.15) is 0 Å². The molecule has 9 aromatic carbocycles. The van der Waals surface area contributed by atoms with Crippen LogP contribution in [0.15, 0.2) is 215 Å². The van der Waals surface area contributed by atoms with Crippen molar-refractivity contribution in [2.45, 2.75) is 13.3 Å². The van der Waals surface area contributed by atoms with Crippen LogP contribution in [0, 0.1) is 5.92 Å². The Balaban J connectivity index is 1.13. The van der Waals surface area contributed by atoms with E-state index >= 15 is 0 Å². The molecule has 0 radical (unpaired) electrons. The number of amidine groups is 1. The van der Waals surface area contributed by atoms with Crippen molar-refractivity contribution in [1.82, 2.24) is 4.57 Å². The van der Waals surface area contributed by atoms with E-state index in [1.165, 1.54) is 37.9 Å². The first-order chi connectivity index (χ1) is 30.1. The molecule has 0 saturated heterocycles. The van der Waals surface area contributed by atoms with E-state index in [2.05, 4.69) is 206 Å². The largest absolute Gasteiger partial charge is 0.454 e. The fourth-order valence-electron chi connectivity index (χ4n) is 9.39. The van der Waals surface area contributed by atoms with Crippen molar-refractivity contribution >= 4 is 82.5 Å². The van der Waals surface area contributed by atoms with Crippen LogP contribution in [0.1, 0.15) is 30.0 Å². The molecular formula is C57H39N3O. The maximum atomic E-state index is 7.00. The zero-order valence-corrected chi connectivity index (χ0v) is 33.6. The van der Waals surface area contributed by atoms with E-state index in [0.717, 1.165) is 78.7 Å². The highest BCUT2D eigenvalue weighted by atomic mass is 16.3. The highest BCUT2D eigenvalue weighted by Crippen LogP contribution is 2.41. The van der Waals surface area contributed by atoms with Gasteiger partial charge in [0.15, 0.2) is 11.4 Å². The molecule has 2 aromatic heterocycles. The smallest absolute Gasteiger partial charge is 0.160 e. The molecule has 0 N–H and O–H groups in total. The molecule has 11 aromatic rings. The molecule has 4 nitrogen and oxygen atoms in total. The average Bonchev–Trinajstić information content (AvgIpc) is 3.86. The summed E-state index contributed by atoms with van der Waals surface area (Å²) in [6.07, 6.45) is 3.09. The predicted octanol–water partition coefficient (Wildman–Crippen LogP) is 15.0. The van der Waals surface area contributed by atoms with Crippen LogP contribution >= 0.6 is 0 Å². The number of hydrogen-bond acceptors (Lipinski definition) is 3. The van der Waals surface area contributed by atoms with Crippen LogP contribution in [0.25, 0.3) is 87.8 Å². The summed E-state index contributed by atoms with van der Waals surface area (Å²) in [6.45, 7) is 2.28. The lowest BCUT2D eigenvalue weighted by Crippen LogP contribution is -2.17. The number of hydrogen-bond donors (Lipinski definition) is 0. The molecule has 1 atom stereocenters. The van der Waals surface area contributed by atoms with Gasteiger partial charge in [-0.1, -0.05) is 159 Å². The molecule has 0 fully saturated rings. The lowest BCUT2D eigenvalue weighted by molar-refractivity contribution is 0.666. The van der Waals surface area contributed by atoms with Gasteiger partial charge in [0.1, 0.15) is 5.58 Å². The molecule has 0 amide bonds. The molecule has 0 bridgehead atoms. The maximum Gasteiger partial charge on any atom is 0.160 e. The van der Waals surface area contributed by atoms with Crippen LogP contribution in [0.3, 0.4) is 0 Å². The molecule has 1 unspecified atom stereocenters. The highest BCUT2D eigenvalue weighted by molar-refractivity contribution is 6.24. The lowest BCUT2D eigenvalue weighted by atomic mass is 9.91. The molecule has 0 saturated carbocycles. The molecule has 0 aliphatic carbocycles. The van der Waals surface area contributed by atoms with E-state index in [1.54, 1.807) is 0 Å². The van der Waals surface area contributed by atoms with Crippen molar-refractivity contribution in [3.05, 3.63) is 217 Å². The Morgan fingerprint density at radius 3 is 2.03 bits per heavy atom. The van der Waals surface area contributed by atoms with Crippen molar-refractivity contribution in [2.75, 3.05) is 0 Å². The zero-order valence-electron chi connectivity index (χ0n) is 33.6. The number of rotatable bonds is 5. The van der Waals surface area contributed by atoms with E-state index in [1.807, 2.05) is 6.07 Å². The topological polar surface area (TPSA) is 42.8 Å². The third-order valence-electron chi connectivity index (χ3n) is 12.4. The standard InChI is InChI=1S/C57H39N3O/c1-36-26-30-49(43-21-13-20-40(32-43)37-14-3-2-4-15-37)58-57(59-55(36)44-28-27-38-16-5-6-17-39(38)33-44)47-29-31-51(56-54(47)46-23-10-12-25-53(46)61-56)60-50-24-11-9-22-45(50)48-34-41-18-7-8-19-42(41)35-52(48)60/h2-25,27-36H,26H2,1H3/b49-30+,58-57-,59-55+. The summed E-state index contributed by atoms with van der Waals surface area (Å²) in [7, 11) is 0. The van der Waals surface area contributed by atoms with Gasteiger partial charge < -0.3 is 8.98 Å². The fraction of sp³-hybridized carbons (Fsp3) is 0.0526. The SMILES string of the molecule is CC1C/C=C(c2cccc(-c3ccccc3)c2)/N=C(c2ccc(-n3c4ccccc4c4cc5ccccc5cc43)c3oc4ccccc4c23)\N=C/1c1ccc2ccccc2c1. The number of furan rings is 1. The van der Waals surface area contributed by atoms with E-state index in [-0.39, 0.29) is 5.92 Å². The van der Waals surface area contributed by atoms with Crippen molar-refractivity contribution in [1.29, 1.82) is 0 Å². The molecule has 1 aliphatic heterocycles. The fourth-order valence-corrected chi connectivity index (χ4v) is 9.39. The third kappa shape index (κ3) is 5.90. The minimum atomic E-state index is 0.113. The minimum absolute atomic E-state index is 0.113. The van der Waals surface area contributed by atoms with Crippen LogP contribution in [0.4, 0.5) is 0 Å². The van der Waals surface area contributed by atoms with Crippen molar-refractivity contribution in [3.63, 3.8) is 0 Å². The number of benzene rings is 9. The minimum Gasteiger partial charge on any atom is -0.454 e. The number of nitrogens with zero attached hydrogens (tertiary/aromatic N) is 3. The monoisotopic (exact) mass is 781 g/mol. The molecule has 1 aliphatic rings. The number of aliphatic imine (C=N–C) groups is 2. The molecular weight excluding hydrogens is 743 g/mol. The molecule has 61 heavy (non-hydrogen) atoms. The van der Waals surface area contributed by atoms with E-state index < -0.39 is 0 Å². The van der Waals surface area contributed by atoms with Crippen LogP contribution in [-0.2, 0) is 0 Å². The van der Waals surface area contributed by atoms with Crippen LogP contribution in [0.5, 0.6) is 0 Å². The predicted molar refractivity (Wildman–Crippen MR) is 256 cm³/mol. The second kappa shape index (κ2) is 14.2.